The Morgan fingerprint density at radius 3 is 2.65 bits per heavy atom. The summed E-state index contributed by atoms with van der Waals surface area (Å²) in [7, 11) is 0. The van der Waals surface area contributed by atoms with Crippen molar-refractivity contribution in [3.05, 3.63) is 101 Å². The van der Waals surface area contributed by atoms with Gasteiger partial charge < -0.3 is 15.4 Å². The number of nitrogens with zero attached hydrogens (tertiary/aromatic N) is 1. The molecule has 3 aromatic carbocycles. The third-order valence-corrected chi connectivity index (χ3v) is 5.09. The zero-order chi connectivity index (χ0) is 24.1. The molecular formula is C26H22FN3O4. The van der Waals surface area contributed by atoms with E-state index in [1.54, 1.807) is 60.7 Å². The first-order valence-electron chi connectivity index (χ1n) is 10.6. The molecule has 8 heteroatoms. The second-order valence-electron chi connectivity index (χ2n) is 7.75. The second kappa shape index (κ2) is 9.99. The molecule has 1 fully saturated rings. The summed E-state index contributed by atoms with van der Waals surface area (Å²) in [6, 6.07) is 19.7. The summed E-state index contributed by atoms with van der Waals surface area (Å²) in [6.07, 6.45) is 1.49. The average molecular weight is 459 g/mol. The molecule has 7 nitrogen and oxygen atoms in total. The predicted molar refractivity (Wildman–Crippen MR) is 125 cm³/mol. The molecular weight excluding hydrogens is 437 g/mol. The Morgan fingerprint density at radius 2 is 1.85 bits per heavy atom. The number of carbonyl (C=O) groups excluding carboxylic acids is 3. The van der Waals surface area contributed by atoms with Gasteiger partial charge in [-0.15, -0.1) is 0 Å². The van der Waals surface area contributed by atoms with Gasteiger partial charge in [0.2, 0.25) is 5.91 Å². The lowest BCUT2D eigenvalue weighted by molar-refractivity contribution is -0.127. The minimum Gasteiger partial charge on any atom is -0.489 e. The molecule has 2 N–H and O–H groups in total. The number of hydrogen-bond acceptors (Lipinski definition) is 4. The smallest absolute Gasteiger partial charge is 0.329 e. The first kappa shape index (κ1) is 22.7. The number of rotatable bonds is 7. The number of halogens is 1. The predicted octanol–water partition coefficient (Wildman–Crippen LogP) is 4.24. The van der Waals surface area contributed by atoms with Crippen LogP contribution in [0.1, 0.15) is 16.7 Å². The number of aryl methyl sites for hydroxylation is 1. The van der Waals surface area contributed by atoms with Crippen molar-refractivity contribution in [2.24, 2.45) is 0 Å². The molecule has 0 radical (unpaired) electrons. The van der Waals surface area contributed by atoms with Crippen LogP contribution in [0.3, 0.4) is 0 Å². The Morgan fingerprint density at radius 1 is 1.06 bits per heavy atom. The lowest BCUT2D eigenvalue weighted by Crippen LogP contribution is -2.38. The first-order valence-corrected chi connectivity index (χ1v) is 10.6. The van der Waals surface area contributed by atoms with Crippen LogP contribution >= 0.6 is 0 Å². The summed E-state index contributed by atoms with van der Waals surface area (Å²) in [5.74, 6) is -0.976. The average Bonchev–Trinajstić information content (AvgIpc) is 3.06. The number of benzene rings is 3. The van der Waals surface area contributed by atoms with Gasteiger partial charge in [-0.3, -0.25) is 9.59 Å². The van der Waals surface area contributed by atoms with Crippen molar-refractivity contribution < 1.29 is 23.5 Å². The van der Waals surface area contributed by atoms with Gasteiger partial charge in [0.1, 0.15) is 30.4 Å². The van der Waals surface area contributed by atoms with E-state index in [1.807, 2.05) is 13.0 Å². The number of anilines is 1. The van der Waals surface area contributed by atoms with Gasteiger partial charge in [0, 0.05) is 11.3 Å². The Balaban J connectivity index is 1.41. The van der Waals surface area contributed by atoms with Crippen LogP contribution in [-0.4, -0.2) is 29.3 Å². The summed E-state index contributed by atoms with van der Waals surface area (Å²) in [4.78, 5) is 38.2. The van der Waals surface area contributed by atoms with E-state index >= 15 is 0 Å². The molecule has 1 aliphatic heterocycles. The SMILES string of the molecule is Cc1cccc(NC(=O)CN2C(=O)N/C(=C/c3cccc(OCc4ccccc4F)c3)C2=O)c1. The van der Waals surface area contributed by atoms with Crippen molar-refractivity contribution >= 4 is 29.6 Å². The van der Waals surface area contributed by atoms with Crippen LogP contribution in [0.15, 0.2) is 78.5 Å². The van der Waals surface area contributed by atoms with Crippen LogP contribution < -0.4 is 15.4 Å². The minimum absolute atomic E-state index is 0.0413. The molecule has 0 aliphatic carbocycles. The third kappa shape index (κ3) is 5.47. The highest BCUT2D eigenvalue weighted by atomic mass is 19.1. The van der Waals surface area contributed by atoms with E-state index in [9.17, 15) is 18.8 Å². The van der Waals surface area contributed by atoms with Crippen molar-refractivity contribution in [1.29, 1.82) is 0 Å². The van der Waals surface area contributed by atoms with Gasteiger partial charge in [0.15, 0.2) is 0 Å². The quantitative estimate of drug-likeness (QED) is 0.409. The molecule has 4 rings (SSSR count). The lowest BCUT2D eigenvalue weighted by atomic mass is 10.1. The van der Waals surface area contributed by atoms with E-state index in [4.69, 9.17) is 4.74 Å². The maximum atomic E-state index is 13.8. The molecule has 1 aliphatic rings. The van der Waals surface area contributed by atoms with Crippen molar-refractivity contribution in [2.75, 3.05) is 11.9 Å². The fourth-order valence-corrected chi connectivity index (χ4v) is 3.42. The standard InChI is InChI=1S/C26H22FN3O4/c1-17-6-4-9-20(12-17)28-24(31)15-30-25(32)23(29-26(30)33)14-18-7-5-10-21(13-18)34-16-19-8-2-3-11-22(19)27/h2-14H,15-16H2,1H3,(H,28,31)(H,29,33)/b23-14+. The zero-order valence-corrected chi connectivity index (χ0v) is 18.4. The molecule has 172 valence electrons. The van der Waals surface area contributed by atoms with E-state index in [-0.39, 0.29) is 18.1 Å². The molecule has 4 amide bonds. The number of ether oxygens (including phenoxy) is 1. The van der Waals surface area contributed by atoms with Crippen molar-refractivity contribution in [2.45, 2.75) is 13.5 Å². The monoisotopic (exact) mass is 459 g/mol. The first-order chi connectivity index (χ1) is 16.4. The Kier molecular flexibility index (Phi) is 6.68. The summed E-state index contributed by atoms with van der Waals surface area (Å²) in [5, 5.41) is 5.17. The van der Waals surface area contributed by atoms with E-state index in [2.05, 4.69) is 10.6 Å². The number of urea groups is 1. The van der Waals surface area contributed by atoms with Gasteiger partial charge >= 0.3 is 6.03 Å². The highest BCUT2D eigenvalue weighted by Gasteiger charge is 2.34. The van der Waals surface area contributed by atoms with Gasteiger partial charge in [0.05, 0.1) is 0 Å². The maximum Gasteiger partial charge on any atom is 0.329 e. The second-order valence-corrected chi connectivity index (χ2v) is 7.75. The number of carbonyl (C=O) groups is 3. The molecule has 0 bridgehead atoms. The zero-order valence-electron chi connectivity index (χ0n) is 18.4. The van der Waals surface area contributed by atoms with Crippen LogP contribution in [0.25, 0.3) is 6.08 Å². The molecule has 0 aromatic heterocycles. The number of nitrogens with one attached hydrogen (secondary N) is 2. The van der Waals surface area contributed by atoms with Gasteiger partial charge in [-0.2, -0.15) is 0 Å². The van der Waals surface area contributed by atoms with Gasteiger partial charge in [-0.05, 0) is 54.5 Å². The summed E-state index contributed by atoms with van der Waals surface area (Å²) < 4.78 is 19.4. The summed E-state index contributed by atoms with van der Waals surface area (Å²) >= 11 is 0. The molecule has 34 heavy (non-hydrogen) atoms. The highest BCUT2D eigenvalue weighted by Crippen LogP contribution is 2.20. The fourth-order valence-electron chi connectivity index (χ4n) is 3.42. The molecule has 0 spiro atoms. The van der Waals surface area contributed by atoms with Crippen LogP contribution in [-0.2, 0) is 16.2 Å². The van der Waals surface area contributed by atoms with Gasteiger partial charge in [-0.25, -0.2) is 14.1 Å². The number of imide groups is 1. The fraction of sp³-hybridized carbons (Fsp3) is 0.115. The molecule has 0 saturated carbocycles. The number of amides is 4. The highest BCUT2D eigenvalue weighted by molar-refractivity contribution is 6.15. The molecule has 1 saturated heterocycles. The lowest BCUT2D eigenvalue weighted by Gasteiger charge is -2.12. The van der Waals surface area contributed by atoms with E-state index in [0.29, 0.717) is 22.6 Å². The molecule has 0 unspecified atom stereocenters. The van der Waals surface area contributed by atoms with E-state index in [0.717, 1.165) is 10.5 Å². The van der Waals surface area contributed by atoms with Gasteiger partial charge in [0.25, 0.3) is 5.91 Å². The third-order valence-electron chi connectivity index (χ3n) is 5.09. The van der Waals surface area contributed by atoms with Crippen molar-refractivity contribution in [3.63, 3.8) is 0 Å². The largest absolute Gasteiger partial charge is 0.489 e. The van der Waals surface area contributed by atoms with Gasteiger partial charge in [-0.1, -0.05) is 42.5 Å². The minimum atomic E-state index is -0.678. The van der Waals surface area contributed by atoms with Crippen molar-refractivity contribution in [1.82, 2.24) is 10.2 Å². The maximum absolute atomic E-state index is 13.8. The summed E-state index contributed by atoms with van der Waals surface area (Å²) in [5.41, 5.74) is 2.61. The van der Waals surface area contributed by atoms with E-state index in [1.165, 1.54) is 12.1 Å². The van der Waals surface area contributed by atoms with Crippen LogP contribution in [0.5, 0.6) is 5.75 Å². The topological polar surface area (TPSA) is 87.7 Å². The van der Waals surface area contributed by atoms with Crippen molar-refractivity contribution in [3.8, 4) is 5.75 Å². The summed E-state index contributed by atoms with van der Waals surface area (Å²) in [6.45, 7) is 1.53. The molecule has 1 heterocycles. The Labute approximate surface area is 195 Å². The Bertz CT molecular complexity index is 1290. The Hall–Kier alpha value is -4.46. The molecule has 3 aromatic rings. The number of hydrogen-bond donors (Lipinski definition) is 2. The molecule has 0 atom stereocenters. The van der Waals surface area contributed by atoms with Crippen LogP contribution in [0.2, 0.25) is 0 Å². The van der Waals surface area contributed by atoms with Crippen LogP contribution in [0.4, 0.5) is 14.9 Å². The normalized spacial score (nSPS) is 14.3. The van der Waals surface area contributed by atoms with Crippen LogP contribution in [0, 0.1) is 12.7 Å². The van der Waals surface area contributed by atoms with E-state index < -0.39 is 24.4 Å².